The predicted molar refractivity (Wildman–Crippen MR) is 156 cm³/mol. The molecular formula is C31H42FN7O2. The number of benzene rings is 1. The molecule has 2 aromatic rings. The van der Waals surface area contributed by atoms with Gasteiger partial charge in [-0.1, -0.05) is 12.1 Å². The maximum atomic E-state index is 13.9. The molecule has 220 valence electrons. The standard InChI is InChI=1S/C31H42FN7O2/c1-21(32)17-37-15-16-39(18-23(37)10-12-33)30-25-11-14-38(27-7-3-5-22-8-9-28(40)29(22)27)19-26(25)34-31(35-30)41-20-24-6-4-13-36(24)2/h3,5,7,21,23-24,28,40H,4,6,8-11,13-20H2,1-2H3/t21-,23-,24-,28+/m0/s1. The molecule has 41 heavy (non-hydrogen) atoms. The molecule has 10 heteroatoms. The number of likely N-dealkylation sites (N-methyl/N-ethyl adjacent to an activating group) is 1. The highest BCUT2D eigenvalue weighted by atomic mass is 19.1. The number of aryl methyl sites for hydroxylation is 1. The van der Waals surface area contributed by atoms with E-state index >= 15 is 0 Å². The lowest BCUT2D eigenvalue weighted by atomic mass is 10.00. The summed E-state index contributed by atoms with van der Waals surface area (Å²) in [6.07, 6.45) is 3.72. The van der Waals surface area contributed by atoms with Crippen LogP contribution in [0, 0.1) is 11.3 Å². The molecule has 1 aromatic heterocycles. The molecule has 0 unspecified atom stereocenters. The van der Waals surface area contributed by atoms with Gasteiger partial charge in [0.25, 0.3) is 0 Å². The summed E-state index contributed by atoms with van der Waals surface area (Å²) in [7, 11) is 2.14. The van der Waals surface area contributed by atoms with E-state index in [-0.39, 0.29) is 6.04 Å². The van der Waals surface area contributed by atoms with Crippen molar-refractivity contribution < 1.29 is 14.2 Å². The molecule has 4 aliphatic rings. The minimum atomic E-state index is -0.938. The van der Waals surface area contributed by atoms with Crippen LogP contribution in [0.4, 0.5) is 15.9 Å². The van der Waals surface area contributed by atoms with Crippen molar-refractivity contribution in [1.29, 1.82) is 5.26 Å². The first-order valence-electron chi connectivity index (χ1n) is 15.2. The number of alkyl halides is 1. The van der Waals surface area contributed by atoms with Crippen LogP contribution >= 0.6 is 0 Å². The molecule has 9 nitrogen and oxygen atoms in total. The third-order valence-electron chi connectivity index (χ3n) is 9.35. The third kappa shape index (κ3) is 5.85. The van der Waals surface area contributed by atoms with E-state index in [0.717, 1.165) is 67.1 Å². The fourth-order valence-corrected chi connectivity index (χ4v) is 7.14. The first-order chi connectivity index (χ1) is 19.9. The maximum Gasteiger partial charge on any atom is 0.318 e. The van der Waals surface area contributed by atoms with Crippen LogP contribution in [0.5, 0.6) is 6.01 Å². The summed E-state index contributed by atoms with van der Waals surface area (Å²) >= 11 is 0. The minimum absolute atomic E-state index is 0.0532. The molecule has 0 saturated carbocycles. The average Bonchev–Trinajstić information content (AvgIpc) is 3.56. The third-order valence-corrected chi connectivity index (χ3v) is 9.35. The number of halogens is 1. The summed E-state index contributed by atoms with van der Waals surface area (Å²) in [6.45, 7) is 6.99. The number of piperazine rings is 1. The summed E-state index contributed by atoms with van der Waals surface area (Å²) in [4.78, 5) is 19.0. The Morgan fingerprint density at radius 3 is 2.78 bits per heavy atom. The Morgan fingerprint density at radius 2 is 2.00 bits per heavy atom. The smallest absolute Gasteiger partial charge is 0.318 e. The SMILES string of the molecule is C[C@H](F)CN1CCN(c2nc(OC[C@@H]3CCCN3C)nc3c2CCN(c2cccc4c2[C@H](O)CC4)C3)C[C@@H]1CC#N. The number of aromatic nitrogens is 2. The number of hydrogen-bond acceptors (Lipinski definition) is 9. The summed E-state index contributed by atoms with van der Waals surface area (Å²) in [5.41, 5.74) is 5.47. The van der Waals surface area contributed by atoms with Crippen molar-refractivity contribution in [1.82, 2.24) is 19.8 Å². The van der Waals surface area contributed by atoms with Gasteiger partial charge in [0, 0.05) is 61.6 Å². The van der Waals surface area contributed by atoms with Gasteiger partial charge in [-0.25, -0.2) is 4.39 Å². The molecule has 0 spiro atoms. The Balaban J connectivity index is 1.30. The number of rotatable bonds is 8. The fourth-order valence-electron chi connectivity index (χ4n) is 7.14. The Hall–Kier alpha value is -3.00. The van der Waals surface area contributed by atoms with Crippen LogP contribution in [-0.4, -0.2) is 96.1 Å². The van der Waals surface area contributed by atoms with Crippen molar-refractivity contribution in [2.75, 3.05) is 62.7 Å². The molecule has 2 saturated heterocycles. The number of hydrogen-bond donors (Lipinski definition) is 1. The molecule has 0 bridgehead atoms. The maximum absolute atomic E-state index is 13.9. The van der Waals surface area contributed by atoms with E-state index in [2.05, 4.69) is 50.9 Å². The molecule has 1 aromatic carbocycles. The van der Waals surface area contributed by atoms with E-state index in [1.807, 2.05) is 0 Å². The first-order valence-corrected chi connectivity index (χ1v) is 15.2. The lowest BCUT2D eigenvalue weighted by molar-refractivity contribution is 0.137. The molecule has 3 aliphatic heterocycles. The van der Waals surface area contributed by atoms with Gasteiger partial charge in [-0.2, -0.15) is 15.2 Å². The van der Waals surface area contributed by atoms with Crippen LogP contribution in [0.1, 0.15) is 61.1 Å². The van der Waals surface area contributed by atoms with Gasteiger partial charge >= 0.3 is 6.01 Å². The monoisotopic (exact) mass is 563 g/mol. The number of aliphatic hydroxyl groups excluding tert-OH is 1. The minimum Gasteiger partial charge on any atom is -0.462 e. The van der Waals surface area contributed by atoms with Crippen LogP contribution in [0.25, 0.3) is 0 Å². The van der Waals surface area contributed by atoms with Crippen LogP contribution in [0.3, 0.4) is 0 Å². The number of aliphatic hydroxyl groups is 1. The molecule has 0 radical (unpaired) electrons. The second kappa shape index (κ2) is 12.1. The lowest BCUT2D eigenvalue weighted by Crippen LogP contribution is -2.55. The van der Waals surface area contributed by atoms with Crippen molar-refractivity contribution in [2.45, 2.75) is 76.4 Å². The van der Waals surface area contributed by atoms with E-state index in [1.54, 1.807) is 6.92 Å². The quantitative estimate of drug-likeness (QED) is 0.520. The van der Waals surface area contributed by atoms with Crippen molar-refractivity contribution in [3.05, 3.63) is 40.6 Å². The first kappa shape index (κ1) is 28.1. The Labute approximate surface area is 242 Å². The zero-order valence-electron chi connectivity index (χ0n) is 24.3. The molecule has 2 fully saturated rings. The molecule has 6 rings (SSSR count). The van der Waals surface area contributed by atoms with E-state index in [9.17, 15) is 14.8 Å². The Bertz CT molecular complexity index is 1280. The number of ether oxygens (including phenoxy) is 1. The normalized spacial score (nSPS) is 25.6. The average molecular weight is 564 g/mol. The van der Waals surface area contributed by atoms with Gasteiger partial charge in [-0.05, 0) is 64.3 Å². The number of nitriles is 1. The van der Waals surface area contributed by atoms with E-state index < -0.39 is 12.3 Å². The highest BCUT2D eigenvalue weighted by molar-refractivity contribution is 5.62. The summed E-state index contributed by atoms with van der Waals surface area (Å²) in [6, 6.07) is 9.34. The number of nitrogens with zero attached hydrogens (tertiary/aromatic N) is 7. The molecular weight excluding hydrogens is 521 g/mol. The highest BCUT2D eigenvalue weighted by Gasteiger charge is 2.34. The van der Waals surface area contributed by atoms with Crippen molar-refractivity contribution in [2.24, 2.45) is 0 Å². The number of anilines is 2. The number of fused-ring (bicyclic) bond motifs is 2. The molecule has 0 amide bonds. The van der Waals surface area contributed by atoms with Crippen LogP contribution in [0.15, 0.2) is 18.2 Å². The van der Waals surface area contributed by atoms with Gasteiger partial charge < -0.3 is 24.5 Å². The van der Waals surface area contributed by atoms with Crippen molar-refractivity contribution in [3.8, 4) is 12.1 Å². The zero-order valence-corrected chi connectivity index (χ0v) is 24.3. The summed E-state index contributed by atoms with van der Waals surface area (Å²) in [5, 5.41) is 20.3. The number of likely N-dealkylation sites (tertiary alicyclic amines) is 1. The van der Waals surface area contributed by atoms with E-state index in [4.69, 9.17) is 14.7 Å². The van der Waals surface area contributed by atoms with Gasteiger partial charge in [0.05, 0.1) is 30.8 Å². The Kier molecular flexibility index (Phi) is 8.29. The van der Waals surface area contributed by atoms with Crippen molar-refractivity contribution >= 4 is 11.5 Å². The van der Waals surface area contributed by atoms with Gasteiger partial charge in [0.15, 0.2) is 0 Å². The fraction of sp³-hybridized carbons (Fsp3) is 0.645. The van der Waals surface area contributed by atoms with Gasteiger partial charge in [-0.3, -0.25) is 4.90 Å². The summed E-state index contributed by atoms with van der Waals surface area (Å²) in [5.74, 6) is 0.888. The van der Waals surface area contributed by atoms with Crippen LogP contribution < -0.4 is 14.5 Å². The van der Waals surface area contributed by atoms with E-state index in [1.165, 1.54) is 12.0 Å². The predicted octanol–water partition coefficient (Wildman–Crippen LogP) is 3.25. The Morgan fingerprint density at radius 1 is 1.12 bits per heavy atom. The van der Waals surface area contributed by atoms with Crippen LogP contribution in [0.2, 0.25) is 0 Å². The molecule has 1 N–H and O–H groups in total. The highest BCUT2D eigenvalue weighted by Crippen LogP contribution is 2.40. The molecule has 4 heterocycles. The zero-order chi connectivity index (χ0) is 28.5. The largest absolute Gasteiger partial charge is 0.462 e. The topological polar surface area (TPSA) is 92.0 Å². The second-order valence-electron chi connectivity index (χ2n) is 12.2. The van der Waals surface area contributed by atoms with Crippen LogP contribution in [-0.2, 0) is 19.4 Å². The van der Waals surface area contributed by atoms with Gasteiger partial charge in [0.1, 0.15) is 18.6 Å². The lowest BCUT2D eigenvalue weighted by Gasteiger charge is -2.42. The van der Waals surface area contributed by atoms with Gasteiger partial charge in [-0.15, -0.1) is 0 Å². The van der Waals surface area contributed by atoms with Gasteiger partial charge in [0.2, 0.25) is 0 Å². The molecule has 4 atom stereocenters. The van der Waals surface area contributed by atoms with E-state index in [0.29, 0.717) is 57.8 Å². The van der Waals surface area contributed by atoms with Crippen molar-refractivity contribution in [3.63, 3.8) is 0 Å². The second-order valence-corrected chi connectivity index (χ2v) is 12.2. The molecule has 1 aliphatic carbocycles. The summed E-state index contributed by atoms with van der Waals surface area (Å²) < 4.78 is 20.2.